The molecule has 0 aromatic heterocycles. The molecule has 120 valence electrons. The maximum Gasteiger partial charge on any atom is 0.314 e. The Morgan fingerprint density at radius 1 is 0.667 bits per heavy atom. The van der Waals surface area contributed by atoms with Crippen molar-refractivity contribution < 1.29 is 15.0 Å². The maximum atomic E-state index is 11.6. The van der Waals surface area contributed by atoms with Crippen molar-refractivity contribution in [3.63, 3.8) is 0 Å². The fraction of sp³-hybridized carbons (Fsp3) is 0.0952. The SMILES string of the molecule is O=C(O)[C@@H](c1ccccc1)[C@@H](O)c1ccc(-c2ccccc2)cc1. The molecule has 0 bridgehead atoms. The van der Waals surface area contributed by atoms with E-state index in [0.29, 0.717) is 11.1 Å². The van der Waals surface area contributed by atoms with Crippen LogP contribution in [0.4, 0.5) is 0 Å². The highest BCUT2D eigenvalue weighted by atomic mass is 16.4. The summed E-state index contributed by atoms with van der Waals surface area (Å²) in [7, 11) is 0. The highest BCUT2D eigenvalue weighted by molar-refractivity contribution is 5.77. The number of carbonyl (C=O) groups is 1. The normalized spacial score (nSPS) is 13.2. The lowest BCUT2D eigenvalue weighted by Gasteiger charge is -2.20. The van der Waals surface area contributed by atoms with Crippen molar-refractivity contribution in [2.45, 2.75) is 12.0 Å². The number of hydrogen-bond donors (Lipinski definition) is 2. The molecule has 0 aliphatic carbocycles. The minimum Gasteiger partial charge on any atom is -0.481 e. The van der Waals surface area contributed by atoms with Crippen molar-refractivity contribution in [2.24, 2.45) is 0 Å². The standard InChI is InChI=1S/C21H18O3/c22-20(19(21(23)24)17-9-5-2-6-10-17)18-13-11-16(12-14-18)15-7-3-1-4-8-15/h1-14,19-20,22H,(H,23,24)/t19-,20-/m0/s1. The summed E-state index contributed by atoms with van der Waals surface area (Å²) >= 11 is 0. The van der Waals surface area contributed by atoms with Crippen LogP contribution in [0, 0.1) is 0 Å². The van der Waals surface area contributed by atoms with Crippen LogP contribution in [-0.4, -0.2) is 16.2 Å². The molecule has 3 aromatic carbocycles. The third kappa shape index (κ3) is 3.36. The van der Waals surface area contributed by atoms with Gasteiger partial charge in [-0.3, -0.25) is 4.79 Å². The summed E-state index contributed by atoms with van der Waals surface area (Å²) in [6, 6.07) is 26.1. The van der Waals surface area contributed by atoms with E-state index < -0.39 is 18.0 Å². The average Bonchev–Trinajstić information content (AvgIpc) is 2.63. The predicted molar refractivity (Wildman–Crippen MR) is 93.7 cm³/mol. The van der Waals surface area contributed by atoms with Gasteiger partial charge in [-0.05, 0) is 22.3 Å². The lowest BCUT2D eigenvalue weighted by molar-refractivity contribution is -0.141. The summed E-state index contributed by atoms with van der Waals surface area (Å²) in [5.74, 6) is -2.03. The van der Waals surface area contributed by atoms with Crippen molar-refractivity contribution >= 4 is 5.97 Å². The molecule has 3 aromatic rings. The van der Waals surface area contributed by atoms with Gasteiger partial charge in [0.1, 0.15) is 5.92 Å². The van der Waals surface area contributed by atoms with E-state index in [2.05, 4.69) is 0 Å². The number of aliphatic hydroxyl groups excluding tert-OH is 1. The van der Waals surface area contributed by atoms with E-state index in [4.69, 9.17) is 0 Å². The van der Waals surface area contributed by atoms with Crippen LogP contribution >= 0.6 is 0 Å². The largest absolute Gasteiger partial charge is 0.481 e. The van der Waals surface area contributed by atoms with Crippen LogP contribution in [-0.2, 0) is 4.79 Å². The van der Waals surface area contributed by atoms with Crippen molar-refractivity contribution in [2.75, 3.05) is 0 Å². The van der Waals surface area contributed by atoms with Gasteiger partial charge in [0.2, 0.25) is 0 Å². The number of carboxylic acid groups (broad SMARTS) is 1. The van der Waals surface area contributed by atoms with Gasteiger partial charge < -0.3 is 10.2 Å². The van der Waals surface area contributed by atoms with Crippen LogP contribution in [0.25, 0.3) is 11.1 Å². The lowest BCUT2D eigenvalue weighted by Crippen LogP contribution is -2.20. The van der Waals surface area contributed by atoms with E-state index in [9.17, 15) is 15.0 Å². The molecule has 0 saturated carbocycles. The molecule has 0 fully saturated rings. The first-order chi connectivity index (χ1) is 11.7. The molecule has 0 heterocycles. The Morgan fingerprint density at radius 2 is 1.17 bits per heavy atom. The molecule has 3 heteroatoms. The van der Waals surface area contributed by atoms with Gasteiger partial charge in [0.15, 0.2) is 0 Å². The van der Waals surface area contributed by atoms with Crippen molar-refractivity contribution in [3.05, 3.63) is 96.1 Å². The summed E-state index contributed by atoms with van der Waals surface area (Å²) in [4.78, 5) is 11.6. The molecule has 3 nitrogen and oxygen atoms in total. The molecular formula is C21H18O3. The second kappa shape index (κ2) is 7.11. The Balaban J connectivity index is 1.88. The average molecular weight is 318 g/mol. The van der Waals surface area contributed by atoms with E-state index in [1.54, 1.807) is 36.4 Å². The second-order valence-electron chi connectivity index (χ2n) is 5.66. The monoisotopic (exact) mass is 318 g/mol. The first kappa shape index (κ1) is 16.0. The summed E-state index contributed by atoms with van der Waals surface area (Å²) in [5.41, 5.74) is 3.28. The molecule has 0 unspecified atom stereocenters. The molecule has 24 heavy (non-hydrogen) atoms. The molecule has 0 spiro atoms. The van der Waals surface area contributed by atoms with E-state index in [1.165, 1.54) is 0 Å². The van der Waals surface area contributed by atoms with Gasteiger partial charge in [0.05, 0.1) is 6.10 Å². The molecule has 2 N–H and O–H groups in total. The van der Waals surface area contributed by atoms with Gasteiger partial charge in [-0.2, -0.15) is 0 Å². The summed E-state index contributed by atoms with van der Waals surface area (Å²) in [6.07, 6.45) is -1.10. The summed E-state index contributed by atoms with van der Waals surface area (Å²) < 4.78 is 0. The van der Waals surface area contributed by atoms with Gasteiger partial charge in [0.25, 0.3) is 0 Å². The Bertz CT molecular complexity index is 796. The summed E-state index contributed by atoms with van der Waals surface area (Å²) in [5, 5.41) is 20.1. The van der Waals surface area contributed by atoms with E-state index in [1.807, 2.05) is 48.5 Å². The number of hydrogen-bond acceptors (Lipinski definition) is 2. The van der Waals surface area contributed by atoms with E-state index in [-0.39, 0.29) is 0 Å². The zero-order chi connectivity index (χ0) is 16.9. The van der Waals surface area contributed by atoms with E-state index >= 15 is 0 Å². The number of carboxylic acids is 1. The van der Waals surface area contributed by atoms with Crippen LogP contribution in [0.2, 0.25) is 0 Å². The van der Waals surface area contributed by atoms with E-state index in [0.717, 1.165) is 11.1 Å². The smallest absolute Gasteiger partial charge is 0.314 e. The number of benzene rings is 3. The van der Waals surface area contributed by atoms with Gasteiger partial charge in [-0.1, -0.05) is 84.9 Å². The van der Waals surface area contributed by atoms with Gasteiger partial charge >= 0.3 is 5.97 Å². The fourth-order valence-corrected chi connectivity index (χ4v) is 2.82. The molecule has 0 radical (unpaired) electrons. The molecule has 0 aliphatic heterocycles. The zero-order valence-corrected chi connectivity index (χ0v) is 13.0. The van der Waals surface area contributed by atoms with Gasteiger partial charge in [-0.25, -0.2) is 0 Å². The van der Waals surface area contributed by atoms with Crippen LogP contribution in [0.1, 0.15) is 23.1 Å². The highest BCUT2D eigenvalue weighted by Crippen LogP contribution is 2.32. The third-order valence-electron chi connectivity index (χ3n) is 4.10. The Morgan fingerprint density at radius 3 is 1.71 bits per heavy atom. The third-order valence-corrected chi connectivity index (χ3v) is 4.10. The quantitative estimate of drug-likeness (QED) is 0.739. The Hall–Kier alpha value is -2.91. The number of aliphatic hydroxyl groups is 1. The van der Waals surface area contributed by atoms with Gasteiger partial charge in [0, 0.05) is 0 Å². The first-order valence-corrected chi connectivity index (χ1v) is 7.78. The molecule has 0 aliphatic rings. The van der Waals surface area contributed by atoms with Crippen molar-refractivity contribution in [1.29, 1.82) is 0 Å². The maximum absolute atomic E-state index is 11.6. The molecular weight excluding hydrogens is 300 g/mol. The zero-order valence-electron chi connectivity index (χ0n) is 13.0. The van der Waals surface area contributed by atoms with Crippen molar-refractivity contribution in [1.82, 2.24) is 0 Å². The fourth-order valence-electron chi connectivity index (χ4n) is 2.82. The minimum absolute atomic E-state index is 0.588. The number of rotatable bonds is 5. The first-order valence-electron chi connectivity index (χ1n) is 7.78. The van der Waals surface area contributed by atoms with Crippen LogP contribution < -0.4 is 0 Å². The molecule has 0 saturated heterocycles. The van der Waals surface area contributed by atoms with Crippen LogP contribution in [0.3, 0.4) is 0 Å². The van der Waals surface area contributed by atoms with Gasteiger partial charge in [-0.15, -0.1) is 0 Å². The molecule has 2 atom stereocenters. The summed E-state index contributed by atoms with van der Waals surface area (Å²) in [6.45, 7) is 0. The predicted octanol–water partition coefficient (Wildman–Crippen LogP) is 4.26. The Kier molecular flexibility index (Phi) is 4.73. The Labute approximate surface area is 140 Å². The van der Waals surface area contributed by atoms with Crippen LogP contribution in [0.15, 0.2) is 84.9 Å². The molecule has 0 amide bonds. The number of aliphatic carboxylic acids is 1. The second-order valence-corrected chi connectivity index (χ2v) is 5.66. The highest BCUT2D eigenvalue weighted by Gasteiger charge is 2.29. The van der Waals surface area contributed by atoms with Crippen molar-refractivity contribution in [3.8, 4) is 11.1 Å². The minimum atomic E-state index is -1.10. The lowest BCUT2D eigenvalue weighted by atomic mass is 9.88. The topological polar surface area (TPSA) is 57.5 Å². The molecule has 3 rings (SSSR count). The van der Waals surface area contributed by atoms with Crippen LogP contribution in [0.5, 0.6) is 0 Å².